The van der Waals surface area contributed by atoms with Crippen molar-refractivity contribution in [1.29, 1.82) is 0 Å². The van der Waals surface area contributed by atoms with Crippen LogP contribution in [-0.4, -0.2) is 58.8 Å². The number of methoxy groups -OCH3 is 1. The van der Waals surface area contributed by atoms with Crippen LogP contribution < -0.4 is 10.1 Å². The van der Waals surface area contributed by atoms with Gasteiger partial charge in [0.2, 0.25) is 5.91 Å². The van der Waals surface area contributed by atoms with Gasteiger partial charge in [0.05, 0.1) is 36.3 Å². The number of nitrogens with one attached hydrogen (secondary N) is 2. The number of benzene rings is 1. The second-order valence-corrected chi connectivity index (χ2v) is 10.0. The molecule has 40 heavy (non-hydrogen) atoms. The van der Waals surface area contributed by atoms with Gasteiger partial charge in [0.25, 0.3) is 0 Å². The number of aromatic amines is 1. The van der Waals surface area contributed by atoms with Crippen molar-refractivity contribution in [2.75, 3.05) is 27.2 Å². The maximum Gasteiger partial charge on any atom is 0.223 e. The number of likely N-dealkylation sites (tertiary alicyclic amines) is 1. The Bertz CT molecular complexity index is 1210. The number of hydrogen-bond acceptors (Lipinski definition) is 6. The summed E-state index contributed by atoms with van der Waals surface area (Å²) in [6, 6.07) is 9.58. The summed E-state index contributed by atoms with van der Waals surface area (Å²) in [5.41, 5.74) is 2.38. The van der Waals surface area contributed by atoms with Crippen molar-refractivity contribution < 1.29 is 14.3 Å². The Balaban J connectivity index is 0.00000267. The van der Waals surface area contributed by atoms with E-state index in [1.165, 1.54) is 0 Å². The van der Waals surface area contributed by atoms with E-state index in [2.05, 4.69) is 27.2 Å². The van der Waals surface area contributed by atoms with E-state index >= 15 is 0 Å². The number of unbranched alkanes of at least 4 members (excludes halogenated alkanes) is 2. The van der Waals surface area contributed by atoms with Gasteiger partial charge >= 0.3 is 0 Å². The fourth-order valence-corrected chi connectivity index (χ4v) is 4.96. The molecule has 1 aliphatic rings. The highest BCUT2D eigenvalue weighted by Crippen LogP contribution is 2.30. The lowest BCUT2D eigenvalue weighted by atomic mass is 9.95. The summed E-state index contributed by atoms with van der Waals surface area (Å²) in [7, 11) is 3.76. The van der Waals surface area contributed by atoms with Gasteiger partial charge in [-0.15, -0.1) is 37.2 Å². The molecule has 1 saturated heterocycles. The maximum absolute atomic E-state index is 13.2. The normalized spacial score (nSPS) is 14.4. The molecule has 1 fully saturated rings. The number of halogens is 3. The van der Waals surface area contributed by atoms with Crippen LogP contribution in [0.3, 0.4) is 0 Å². The van der Waals surface area contributed by atoms with Crippen molar-refractivity contribution in [3.8, 4) is 17.1 Å². The van der Waals surface area contributed by atoms with E-state index in [4.69, 9.17) is 9.72 Å². The molecule has 4 rings (SSSR count). The molecule has 222 valence electrons. The van der Waals surface area contributed by atoms with Crippen molar-refractivity contribution in [3.05, 3.63) is 42.4 Å². The third-order valence-electron chi connectivity index (χ3n) is 7.35. The minimum Gasteiger partial charge on any atom is -0.496 e. The van der Waals surface area contributed by atoms with Gasteiger partial charge in [0, 0.05) is 30.2 Å². The molecule has 2 N–H and O–H groups in total. The fraction of sp³-hybridized carbons (Fsp3) is 0.517. The molecule has 2 aromatic heterocycles. The monoisotopic (exact) mass is 613 g/mol. The van der Waals surface area contributed by atoms with Gasteiger partial charge in [0.1, 0.15) is 17.4 Å². The Morgan fingerprint density at radius 2 is 1.85 bits per heavy atom. The van der Waals surface area contributed by atoms with Gasteiger partial charge in [-0.2, -0.15) is 0 Å². The minimum atomic E-state index is -0.217. The first kappa shape index (κ1) is 35.6. The van der Waals surface area contributed by atoms with E-state index < -0.39 is 0 Å². The van der Waals surface area contributed by atoms with Gasteiger partial charge in [-0.3, -0.25) is 9.59 Å². The number of ether oxygens (including phenoxy) is 1. The van der Waals surface area contributed by atoms with Gasteiger partial charge in [-0.25, -0.2) is 9.97 Å². The van der Waals surface area contributed by atoms with E-state index in [-0.39, 0.29) is 55.1 Å². The molecule has 1 atom stereocenters. The van der Waals surface area contributed by atoms with E-state index in [0.717, 1.165) is 85.5 Å². The number of hydrogen-bond donors (Lipinski definition) is 2. The number of pyridine rings is 1. The Labute approximate surface area is 255 Å². The third kappa shape index (κ3) is 9.33. The Kier molecular flexibility index (Phi) is 15.5. The zero-order valence-corrected chi connectivity index (χ0v) is 25.9. The summed E-state index contributed by atoms with van der Waals surface area (Å²) < 4.78 is 5.61. The molecule has 8 nitrogen and oxygen atoms in total. The number of aromatic nitrogens is 3. The van der Waals surface area contributed by atoms with Crippen molar-refractivity contribution in [1.82, 2.24) is 25.2 Å². The zero-order chi connectivity index (χ0) is 26.2. The molecule has 0 unspecified atom stereocenters. The van der Waals surface area contributed by atoms with Gasteiger partial charge in [0.15, 0.2) is 0 Å². The van der Waals surface area contributed by atoms with Crippen LogP contribution in [0.2, 0.25) is 0 Å². The van der Waals surface area contributed by atoms with Crippen LogP contribution in [0.4, 0.5) is 0 Å². The first-order chi connectivity index (χ1) is 18.0. The maximum atomic E-state index is 13.2. The summed E-state index contributed by atoms with van der Waals surface area (Å²) in [5, 5.41) is 4.24. The number of para-hydroxylation sites is 1. The SMILES string of the molecule is CCC(=O)CCCCC[C@H](NC(=O)C1CCN(C)CC1)c1ncc(-c2cc(OC)c3ccccc3n2)[nH]1.Cl.Cl.Cl. The number of carbonyl (C=O) groups is 2. The van der Waals surface area contributed by atoms with E-state index in [9.17, 15) is 9.59 Å². The number of ketones is 1. The third-order valence-corrected chi connectivity index (χ3v) is 7.35. The number of nitrogens with zero attached hydrogens (tertiary/aromatic N) is 3. The molecule has 11 heteroatoms. The molecule has 1 aromatic carbocycles. The Hall–Kier alpha value is -2.39. The molecule has 0 aliphatic carbocycles. The number of piperidine rings is 1. The number of amides is 1. The number of rotatable bonds is 12. The molecule has 0 spiro atoms. The second-order valence-electron chi connectivity index (χ2n) is 10.0. The van der Waals surface area contributed by atoms with E-state index in [1.807, 2.05) is 37.3 Å². The van der Waals surface area contributed by atoms with Crippen LogP contribution in [0.25, 0.3) is 22.3 Å². The molecule has 1 aliphatic heterocycles. The standard InChI is InChI=1S/C29H39N5O3.3ClH/c1-4-21(35)10-6-5-7-13-24(33-29(36)20-14-16-34(2)17-15-20)28-30-19-26(32-28)25-18-27(37-3)22-11-8-9-12-23(22)31-25;;;/h8-9,11-12,18-20,24H,4-7,10,13-17H2,1-3H3,(H,30,32)(H,33,36);3*1H/t24-;;;/m0.../s1. The molecule has 0 saturated carbocycles. The average molecular weight is 615 g/mol. The first-order valence-electron chi connectivity index (χ1n) is 13.5. The zero-order valence-electron chi connectivity index (χ0n) is 23.5. The summed E-state index contributed by atoms with van der Waals surface area (Å²) in [4.78, 5) is 40.0. The topological polar surface area (TPSA) is 100 Å². The quantitative estimate of drug-likeness (QED) is 0.231. The van der Waals surface area contributed by atoms with Crippen molar-refractivity contribution in [2.24, 2.45) is 5.92 Å². The number of fused-ring (bicyclic) bond motifs is 1. The second kappa shape index (κ2) is 17.4. The number of carbonyl (C=O) groups excluding carboxylic acids is 2. The van der Waals surface area contributed by atoms with Crippen LogP contribution in [-0.2, 0) is 9.59 Å². The van der Waals surface area contributed by atoms with Crippen molar-refractivity contribution in [2.45, 2.75) is 64.3 Å². The van der Waals surface area contributed by atoms with Crippen LogP contribution in [0, 0.1) is 5.92 Å². The lowest BCUT2D eigenvalue weighted by Gasteiger charge is -2.29. The molecule has 3 heterocycles. The van der Waals surface area contributed by atoms with Crippen LogP contribution in [0.15, 0.2) is 36.5 Å². The molecule has 0 radical (unpaired) electrons. The Morgan fingerprint density at radius 3 is 2.55 bits per heavy atom. The summed E-state index contributed by atoms with van der Waals surface area (Å²) in [5.74, 6) is 1.92. The molecular weight excluding hydrogens is 573 g/mol. The van der Waals surface area contributed by atoms with Crippen LogP contribution in [0.1, 0.15) is 70.2 Å². The predicted molar refractivity (Wildman–Crippen MR) is 167 cm³/mol. The number of Topliss-reactive ketones (excluding diaryl/α,β-unsaturated/α-hetero) is 1. The van der Waals surface area contributed by atoms with Crippen molar-refractivity contribution >= 4 is 59.8 Å². The summed E-state index contributed by atoms with van der Waals surface area (Å²) in [6.45, 7) is 3.79. The number of imidazole rings is 1. The number of H-pyrrole nitrogens is 1. The first-order valence-corrected chi connectivity index (χ1v) is 13.5. The molecule has 0 bridgehead atoms. The highest BCUT2D eigenvalue weighted by Gasteiger charge is 2.27. The van der Waals surface area contributed by atoms with Gasteiger partial charge in [-0.1, -0.05) is 31.9 Å². The van der Waals surface area contributed by atoms with E-state index in [0.29, 0.717) is 18.6 Å². The van der Waals surface area contributed by atoms with Gasteiger partial charge in [-0.05, 0) is 58.0 Å². The summed E-state index contributed by atoms with van der Waals surface area (Å²) in [6.07, 6.45) is 8.25. The lowest BCUT2D eigenvalue weighted by molar-refractivity contribution is -0.127. The Morgan fingerprint density at radius 1 is 1.12 bits per heavy atom. The highest BCUT2D eigenvalue weighted by molar-refractivity contribution is 5.87. The summed E-state index contributed by atoms with van der Waals surface area (Å²) >= 11 is 0. The van der Waals surface area contributed by atoms with Crippen LogP contribution in [0.5, 0.6) is 5.75 Å². The average Bonchev–Trinajstić information content (AvgIpc) is 3.42. The smallest absolute Gasteiger partial charge is 0.223 e. The minimum absolute atomic E-state index is 0. The lowest BCUT2D eigenvalue weighted by Crippen LogP contribution is -2.40. The largest absolute Gasteiger partial charge is 0.496 e. The fourth-order valence-electron chi connectivity index (χ4n) is 4.96. The predicted octanol–water partition coefficient (Wildman–Crippen LogP) is 6.33. The molecule has 3 aromatic rings. The molecular formula is C29H42Cl3N5O3. The highest BCUT2D eigenvalue weighted by atomic mass is 35.5. The van der Waals surface area contributed by atoms with E-state index in [1.54, 1.807) is 13.3 Å². The molecule has 1 amide bonds. The van der Waals surface area contributed by atoms with Crippen molar-refractivity contribution in [3.63, 3.8) is 0 Å². The van der Waals surface area contributed by atoms with Crippen LogP contribution >= 0.6 is 37.2 Å². The van der Waals surface area contributed by atoms with Gasteiger partial charge < -0.3 is 19.9 Å².